The zero-order chi connectivity index (χ0) is 13.7. The highest BCUT2D eigenvalue weighted by Gasteiger charge is 2.26. The molecule has 1 aliphatic carbocycles. The first-order chi connectivity index (χ1) is 9.19. The van der Waals surface area contributed by atoms with Crippen molar-refractivity contribution in [3.05, 3.63) is 28.6 Å². The summed E-state index contributed by atoms with van der Waals surface area (Å²) in [6.07, 6.45) is 6.39. The maximum absolute atomic E-state index is 11.7. The van der Waals surface area contributed by atoms with Crippen LogP contribution in [0.5, 0.6) is 0 Å². The lowest BCUT2D eigenvalue weighted by Crippen LogP contribution is -2.30. The van der Waals surface area contributed by atoms with Gasteiger partial charge in [-0.25, -0.2) is 0 Å². The zero-order valence-electron chi connectivity index (χ0n) is 10.6. The number of carbonyl (C=O) groups excluding carboxylic acids is 1. The highest BCUT2D eigenvalue weighted by molar-refractivity contribution is 9.10. The van der Waals surface area contributed by atoms with Crippen LogP contribution >= 0.6 is 15.9 Å². The molecule has 0 radical (unpaired) electrons. The van der Waals surface area contributed by atoms with Crippen LogP contribution in [0.3, 0.4) is 0 Å². The van der Waals surface area contributed by atoms with E-state index in [1.54, 1.807) is 18.2 Å². The SMILES string of the molecule is O=C(C=Cc1ccc(Br)o1)NCC1CCCC1CO. The van der Waals surface area contributed by atoms with Crippen molar-refractivity contribution >= 4 is 27.9 Å². The van der Waals surface area contributed by atoms with Gasteiger partial charge in [0, 0.05) is 19.2 Å². The minimum atomic E-state index is -0.129. The van der Waals surface area contributed by atoms with Crippen molar-refractivity contribution in [1.29, 1.82) is 0 Å². The number of nitrogens with one attached hydrogen (secondary N) is 1. The first-order valence-corrected chi connectivity index (χ1v) is 7.30. The predicted molar refractivity (Wildman–Crippen MR) is 76.4 cm³/mol. The van der Waals surface area contributed by atoms with Crippen molar-refractivity contribution in [1.82, 2.24) is 5.32 Å². The molecule has 0 aromatic carbocycles. The fraction of sp³-hybridized carbons (Fsp3) is 0.500. The van der Waals surface area contributed by atoms with Crippen LogP contribution in [0.15, 0.2) is 27.3 Å². The summed E-state index contributed by atoms with van der Waals surface area (Å²) in [6.45, 7) is 0.854. The van der Waals surface area contributed by atoms with Crippen LogP contribution in [-0.4, -0.2) is 24.2 Å². The van der Waals surface area contributed by atoms with Gasteiger partial charge in [-0.3, -0.25) is 4.79 Å². The normalized spacial score (nSPS) is 23.1. The molecule has 1 aromatic rings. The number of rotatable bonds is 5. The number of aliphatic hydroxyl groups is 1. The van der Waals surface area contributed by atoms with E-state index in [2.05, 4.69) is 21.2 Å². The monoisotopic (exact) mass is 327 g/mol. The first-order valence-electron chi connectivity index (χ1n) is 6.51. The Morgan fingerprint density at radius 3 is 2.95 bits per heavy atom. The van der Waals surface area contributed by atoms with E-state index in [-0.39, 0.29) is 12.5 Å². The molecule has 19 heavy (non-hydrogen) atoms. The van der Waals surface area contributed by atoms with Crippen molar-refractivity contribution in [2.75, 3.05) is 13.2 Å². The number of hydrogen-bond acceptors (Lipinski definition) is 3. The molecule has 1 fully saturated rings. The molecule has 5 heteroatoms. The van der Waals surface area contributed by atoms with Gasteiger partial charge in [-0.15, -0.1) is 0 Å². The van der Waals surface area contributed by atoms with Crippen LogP contribution in [0, 0.1) is 11.8 Å². The quantitative estimate of drug-likeness (QED) is 0.817. The average Bonchev–Trinajstić information content (AvgIpc) is 3.02. The van der Waals surface area contributed by atoms with Gasteiger partial charge in [0.25, 0.3) is 0 Å². The number of aliphatic hydroxyl groups excluding tert-OH is 1. The third kappa shape index (κ3) is 4.21. The number of carbonyl (C=O) groups is 1. The Hall–Kier alpha value is -1.07. The summed E-state index contributed by atoms with van der Waals surface area (Å²) in [4.78, 5) is 11.7. The predicted octanol–water partition coefficient (Wildman–Crippen LogP) is 2.58. The minimum absolute atomic E-state index is 0.129. The first kappa shape index (κ1) is 14.3. The van der Waals surface area contributed by atoms with Crippen LogP contribution in [0.4, 0.5) is 0 Å². The molecule has 1 aliphatic rings. The van der Waals surface area contributed by atoms with E-state index in [4.69, 9.17) is 4.42 Å². The number of amides is 1. The second-order valence-corrected chi connectivity index (χ2v) is 5.64. The molecule has 2 atom stereocenters. The molecular formula is C14H18BrNO3. The van der Waals surface area contributed by atoms with Crippen LogP contribution < -0.4 is 5.32 Å². The molecule has 2 unspecified atom stereocenters. The van der Waals surface area contributed by atoms with Gasteiger partial charge in [0.05, 0.1) is 0 Å². The number of halogens is 1. The summed E-state index contributed by atoms with van der Waals surface area (Å²) in [5, 5.41) is 12.1. The summed E-state index contributed by atoms with van der Waals surface area (Å²) in [5.41, 5.74) is 0. The smallest absolute Gasteiger partial charge is 0.244 e. The van der Waals surface area contributed by atoms with Crippen molar-refractivity contribution in [2.24, 2.45) is 11.8 Å². The van der Waals surface area contributed by atoms with Gasteiger partial charge >= 0.3 is 0 Å². The molecule has 1 saturated carbocycles. The lowest BCUT2D eigenvalue weighted by molar-refractivity contribution is -0.116. The second-order valence-electron chi connectivity index (χ2n) is 4.85. The van der Waals surface area contributed by atoms with Gasteiger partial charge in [0.2, 0.25) is 5.91 Å². The standard InChI is InChI=1S/C14H18BrNO3/c15-13-6-4-12(19-13)5-7-14(18)16-8-10-2-1-3-11(10)9-17/h4-7,10-11,17H,1-3,8-9H2,(H,16,18). The summed E-state index contributed by atoms with van der Waals surface area (Å²) in [5.74, 6) is 1.25. The second kappa shape index (κ2) is 6.91. The topological polar surface area (TPSA) is 62.5 Å². The van der Waals surface area contributed by atoms with Gasteiger partial charge in [-0.1, -0.05) is 6.42 Å². The minimum Gasteiger partial charge on any atom is -0.450 e. The molecule has 0 saturated heterocycles. The Balaban J connectivity index is 1.77. The number of furan rings is 1. The Kier molecular flexibility index (Phi) is 5.22. The highest BCUT2D eigenvalue weighted by atomic mass is 79.9. The summed E-state index contributed by atoms with van der Waals surface area (Å²) >= 11 is 3.20. The fourth-order valence-electron chi connectivity index (χ4n) is 2.49. The molecule has 0 aliphatic heterocycles. The maximum Gasteiger partial charge on any atom is 0.244 e. The average molecular weight is 328 g/mol. The number of hydrogen-bond donors (Lipinski definition) is 2. The van der Waals surface area contributed by atoms with E-state index in [0.29, 0.717) is 28.8 Å². The van der Waals surface area contributed by atoms with Crippen LogP contribution in [0.25, 0.3) is 6.08 Å². The summed E-state index contributed by atoms with van der Waals surface area (Å²) in [6, 6.07) is 3.56. The van der Waals surface area contributed by atoms with E-state index in [0.717, 1.165) is 19.3 Å². The van der Waals surface area contributed by atoms with Gasteiger partial charge in [-0.05, 0) is 58.8 Å². The Bertz CT molecular complexity index is 455. The maximum atomic E-state index is 11.7. The lowest BCUT2D eigenvalue weighted by atomic mass is 9.97. The Morgan fingerprint density at radius 2 is 2.26 bits per heavy atom. The highest BCUT2D eigenvalue weighted by Crippen LogP contribution is 2.30. The van der Waals surface area contributed by atoms with Crippen LogP contribution in [0.1, 0.15) is 25.0 Å². The molecule has 1 heterocycles. The van der Waals surface area contributed by atoms with Crippen LogP contribution in [0.2, 0.25) is 0 Å². The Labute approximate surface area is 121 Å². The van der Waals surface area contributed by atoms with Crippen molar-refractivity contribution in [3.8, 4) is 0 Å². The summed E-state index contributed by atoms with van der Waals surface area (Å²) in [7, 11) is 0. The molecule has 4 nitrogen and oxygen atoms in total. The summed E-state index contributed by atoms with van der Waals surface area (Å²) < 4.78 is 5.91. The molecular weight excluding hydrogens is 310 g/mol. The van der Waals surface area contributed by atoms with E-state index in [1.807, 2.05) is 0 Å². The van der Waals surface area contributed by atoms with Crippen molar-refractivity contribution in [3.63, 3.8) is 0 Å². The van der Waals surface area contributed by atoms with Gasteiger partial charge in [0.15, 0.2) is 4.67 Å². The molecule has 2 rings (SSSR count). The lowest BCUT2D eigenvalue weighted by Gasteiger charge is -2.17. The molecule has 2 N–H and O–H groups in total. The van der Waals surface area contributed by atoms with Crippen LogP contribution in [-0.2, 0) is 4.79 Å². The Morgan fingerprint density at radius 1 is 1.47 bits per heavy atom. The molecule has 1 amide bonds. The fourth-order valence-corrected chi connectivity index (χ4v) is 2.81. The molecule has 1 aromatic heterocycles. The van der Waals surface area contributed by atoms with Crippen molar-refractivity contribution in [2.45, 2.75) is 19.3 Å². The van der Waals surface area contributed by atoms with E-state index >= 15 is 0 Å². The van der Waals surface area contributed by atoms with Crippen molar-refractivity contribution < 1.29 is 14.3 Å². The molecule has 104 valence electrons. The zero-order valence-corrected chi connectivity index (χ0v) is 12.2. The van der Waals surface area contributed by atoms with Gasteiger partial charge in [0.1, 0.15) is 5.76 Å². The molecule has 0 bridgehead atoms. The van der Waals surface area contributed by atoms with Gasteiger partial charge < -0.3 is 14.8 Å². The van der Waals surface area contributed by atoms with E-state index in [9.17, 15) is 9.90 Å². The molecule has 0 spiro atoms. The van der Waals surface area contributed by atoms with Gasteiger partial charge in [-0.2, -0.15) is 0 Å². The third-order valence-corrected chi connectivity index (χ3v) is 4.01. The van der Waals surface area contributed by atoms with E-state index < -0.39 is 0 Å². The third-order valence-electron chi connectivity index (χ3n) is 3.58. The largest absolute Gasteiger partial charge is 0.450 e. The van der Waals surface area contributed by atoms with E-state index in [1.165, 1.54) is 6.08 Å².